The number of nitrogens with two attached hydrogens (primary N) is 1. The van der Waals surface area contributed by atoms with Gasteiger partial charge in [-0.3, -0.25) is 0 Å². The second kappa shape index (κ2) is 19.3. The van der Waals surface area contributed by atoms with E-state index < -0.39 is 0 Å². The quantitative estimate of drug-likeness (QED) is 0.221. The molecule has 0 rings (SSSR count). The molecule has 17 heavy (non-hydrogen) atoms. The summed E-state index contributed by atoms with van der Waals surface area (Å²) >= 11 is 8.28. The van der Waals surface area contributed by atoms with Crippen molar-refractivity contribution < 1.29 is 0 Å². The SMILES string of the molecule is CCCCC[CH2][Bi+][CH2]CCCCC.NC(=S)[S-]. The summed E-state index contributed by atoms with van der Waals surface area (Å²) in [5.74, 6) is 0. The van der Waals surface area contributed by atoms with Crippen molar-refractivity contribution in [3.8, 4) is 0 Å². The summed E-state index contributed by atoms with van der Waals surface area (Å²) in [5.41, 5.74) is 4.66. The van der Waals surface area contributed by atoms with Crippen LogP contribution in [0.5, 0.6) is 0 Å². The number of unbranched alkanes of at least 4 members (excludes halogenated alkanes) is 6. The first-order valence-corrected chi connectivity index (χ1v) is 12.5. The van der Waals surface area contributed by atoms with Gasteiger partial charge in [-0.2, -0.15) is 0 Å². The fourth-order valence-electron chi connectivity index (χ4n) is 1.41. The predicted octanol–water partition coefficient (Wildman–Crippen LogP) is 4.46. The summed E-state index contributed by atoms with van der Waals surface area (Å²) in [6.45, 7) is 4.59. The molecule has 2 radical (unpaired) electrons. The molecule has 0 aromatic rings. The number of rotatable bonds is 10. The van der Waals surface area contributed by atoms with Crippen LogP contribution in [0.15, 0.2) is 0 Å². The maximum Gasteiger partial charge on any atom is -0.0708 e. The van der Waals surface area contributed by atoms with Gasteiger partial charge in [0.05, 0.1) is 0 Å². The average molecular weight is 471 g/mol. The van der Waals surface area contributed by atoms with Gasteiger partial charge in [0.25, 0.3) is 0 Å². The van der Waals surface area contributed by atoms with Crippen molar-refractivity contribution in [3.63, 3.8) is 0 Å². The van der Waals surface area contributed by atoms with E-state index in [9.17, 15) is 0 Å². The standard InChI is InChI=1S/2C6H13.CH3NS2.Bi/c2*1-3-5-6-4-2;2-1(3)4;/h2*1,3-6H2,2H3;(H3,2,3,4);/q;;;+1/p-1. The first-order chi connectivity index (χ1) is 8.15. The van der Waals surface area contributed by atoms with E-state index in [1.54, 1.807) is 21.1 Å². The molecule has 0 bridgehead atoms. The molecule has 0 fully saturated rings. The average Bonchev–Trinajstić information content (AvgIpc) is 2.26. The van der Waals surface area contributed by atoms with Gasteiger partial charge in [0.15, 0.2) is 0 Å². The summed E-state index contributed by atoms with van der Waals surface area (Å²) < 4.78 is 3.40. The Bertz CT molecular complexity index is 140. The second-order valence-corrected chi connectivity index (χ2v) is 10.5. The van der Waals surface area contributed by atoms with E-state index in [1.807, 2.05) is 0 Å². The van der Waals surface area contributed by atoms with Crippen molar-refractivity contribution >= 4 is 52.4 Å². The topological polar surface area (TPSA) is 26.0 Å². The van der Waals surface area contributed by atoms with Gasteiger partial charge in [0.1, 0.15) is 0 Å². The largest absolute Gasteiger partial charge is 0.415 e. The zero-order valence-electron chi connectivity index (χ0n) is 11.4. The Morgan fingerprint density at radius 2 is 1.29 bits per heavy atom. The summed E-state index contributed by atoms with van der Waals surface area (Å²) in [4.78, 5) is 0. The van der Waals surface area contributed by atoms with Crippen LogP contribution >= 0.6 is 12.2 Å². The molecule has 0 aromatic heterocycles. The van der Waals surface area contributed by atoms with Crippen molar-refractivity contribution in [2.24, 2.45) is 5.73 Å². The van der Waals surface area contributed by atoms with Crippen LogP contribution < -0.4 is 5.73 Å². The maximum atomic E-state index is 4.66. The first kappa shape index (κ1) is 20.3. The van der Waals surface area contributed by atoms with Gasteiger partial charge >= 0.3 is 96.7 Å². The summed E-state index contributed by atoms with van der Waals surface area (Å²) in [6.07, 6.45) is 11.8. The third-order valence-electron chi connectivity index (χ3n) is 2.34. The van der Waals surface area contributed by atoms with E-state index in [4.69, 9.17) is 0 Å². The molecular formula is C13H28BiNS2. The second-order valence-electron chi connectivity index (χ2n) is 4.11. The Morgan fingerprint density at radius 1 is 0.941 bits per heavy atom. The molecule has 102 valence electrons. The molecule has 0 saturated heterocycles. The maximum absolute atomic E-state index is 4.66. The molecule has 0 aliphatic rings. The molecule has 0 heterocycles. The van der Waals surface area contributed by atoms with Crippen LogP contribution in [0.4, 0.5) is 0 Å². The fourth-order valence-corrected chi connectivity index (χ4v) is 5.76. The van der Waals surface area contributed by atoms with Gasteiger partial charge in [-0.15, -0.1) is 0 Å². The predicted molar refractivity (Wildman–Crippen MR) is 87.8 cm³/mol. The molecule has 1 nitrogen and oxygen atoms in total. The minimum absolute atomic E-state index is 0.0181. The summed E-state index contributed by atoms with van der Waals surface area (Å²) in [5, 5.41) is 0. The number of hydrogen-bond donors (Lipinski definition) is 1. The van der Waals surface area contributed by atoms with Crippen molar-refractivity contribution in [2.45, 2.75) is 73.5 Å². The Kier molecular flexibility index (Phi) is 23.1. The van der Waals surface area contributed by atoms with Crippen molar-refractivity contribution in [1.82, 2.24) is 0 Å². The summed E-state index contributed by atoms with van der Waals surface area (Å²) in [6, 6.07) is 0. The van der Waals surface area contributed by atoms with E-state index in [1.165, 1.54) is 38.5 Å². The van der Waals surface area contributed by atoms with E-state index in [-0.39, 0.29) is 27.6 Å². The third kappa shape index (κ3) is 31.6. The van der Waals surface area contributed by atoms with Gasteiger partial charge in [-0.1, -0.05) is 4.32 Å². The van der Waals surface area contributed by atoms with Crippen LogP contribution in [0.3, 0.4) is 0 Å². The number of hydrogen-bond acceptors (Lipinski definition) is 2. The Labute approximate surface area is 131 Å². The Hall–Kier alpha value is 0.993. The van der Waals surface area contributed by atoms with Crippen LogP contribution in [0.25, 0.3) is 0 Å². The van der Waals surface area contributed by atoms with E-state index in [0.29, 0.717) is 0 Å². The van der Waals surface area contributed by atoms with E-state index in [0.717, 1.165) is 0 Å². The molecule has 0 amide bonds. The smallest absolute Gasteiger partial charge is 0.0708 e. The minimum Gasteiger partial charge on any atom is -0.415 e. The van der Waals surface area contributed by atoms with Crippen molar-refractivity contribution in [1.29, 1.82) is 0 Å². The number of thiocarbonyl (C=S) groups is 1. The summed E-state index contributed by atoms with van der Waals surface area (Å²) in [7, 11) is 0. The molecule has 0 aliphatic carbocycles. The molecular weight excluding hydrogens is 443 g/mol. The zero-order valence-corrected chi connectivity index (χ0v) is 16.5. The molecule has 4 heteroatoms. The van der Waals surface area contributed by atoms with Gasteiger partial charge in [0.2, 0.25) is 0 Å². The van der Waals surface area contributed by atoms with Crippen LogP contribution in [-0.2, 0) is 12.6 Å². The van der Waals surface area contributed by atoms with Crippen LogP contribution in [0.1, 0.15) is 65.2 Å². The first-order valence-electron chi connectivity index (χ1n) is 6.74. The van der Waals surface area contributed by atoms with Crippen LogP contribution in [-0.4, -0.2) is 27.6 Å². The molecule has 0 spiro atoms. The zero-order chi connectivity index (χ0) is 13.4. The van der Waals surface area contributed by atoms with Crippen LogP contribution in [0.2, 0.25) is 8.26 Å². The van der Waals surface area contributed by atoms with Gasteiger partial charge < -0.3 is 30.6 Å². The van der Waals surface area contributed by atoms with Crippen molar-refractivity contribution in [3.05, 3.63) is 0 Å². The molecule has 0 aromatic carbocycles. The van der Waals surface area contributed by atoms with Gasteiger partial charge in [-0.25, -0.2) is 0 Å². The monoisotopic (exact) mass is 471 g/mol. The molecule has 2 N–H and O–H groups in total. The fraction of sp³-hybridized carbons (Fsp3) is 0.923. The normalized spacial score (nSPS) is 9.53. The van der Waals surface area contributed by atoms with E-state index >= 15 is 0 Å². The Balaban J connectivity index is 0. The molecule has 0 saturated carbocycles. The van der Waals surface area contributed by atoms with Gasteiger partial charge in [0, 0.05) is 0 Å². The molecule has 0 aliphatic heterocycles. The third-order valence-corrected chi connectivity index (χ3v) is 7.26. The molecule has 0 unspecified atom stereocenters. The Morgan fingerprint density at radius 3 is 1.59 bits per heavy atom. The van der Waals surface area contributed by atoms with Gasteiger partial charge in [-0.05, 0) is 0 Å². The van der Waals surface area contributed by atoms with Crippen LogP contribution in [0, 0.1) is 0 Å². The van der Waals surface area contributed by atoms with Crippen molar-refractivity contribution in [2.75, 3.05) is 0 Å². The minimum atomic E-state index is 0.0181. The van der Waals surface area contributed by atoms with E-state index in [2.05, 4.69) is 44.4 Å². The molecule has 0 atom stereocenters.